The van der Waals surface area contributed by atoms with Crippen LogP contribution in [0.4, 0.5) is 15.8 Å². The average molecular weight is 442 g/mol. The highest BCUT2D eigenvalue weighted by Gasteiger charge is 2.40. The normalized spacial score (nSPS) is 17.2. The van der Waals surface area contributed by atoms with E-state index >= 15 is 0 Å². The number of likely N-dealkylation sites (tertiary alicyclic amines) is 1. The summed E-state index contributed by atoms with van der Waals surface area (Å²) in [5, 5.41) is 2.51. The van der Waals surface area contributed by atoms with Gasteiger partial charge in [0.1, 0.15) is 16.5 Å². The maximum Gasteiger partial charge on any atom is 0.283 e. The Hall–Kier alpha value is -3.19. The van der Waals surface area contributed by atoms with Crippen LogP contribution >= 0.6 is 11.6 Å². The first kappa shape index (κ1) is 21.1. The highest BCUT2D eigenvalue weighted by atomic mass is 35.5. The van der Waals surface area contributed by atoms with Gasteiger partial charge in [0.2, 0.25) is 0 Å². The lowest BCUT2D eigenvalue weighted by Gasteiger charge is -2.20. The van der Waals surface area contributed by atoms with Crippen molar-refractivity contribution in [1.29, 1.82) is 0 Å². The van der Waals surface area contributed by atoms with Crippen LogP contribution in [-0.4, -0.2) is 35.7 Å². The van der Waals surface area contributed by atoms with E-state index in [2.05, 4.69) is 5.32 Å². The first-order valence-corrected chi connectivity index (χ1v) is 10.5. The Morgan fingerprint density at radius 1 is 0.935 bits per heavy atom. The smallest absolute Gasteiger partial charge is 0.283 e. The first-order valence-electron chi connectivity index (χ1n) is 10.2. The molecule has 1 saturated heterocycles. The van der Waals surface area contributed by atoms with E-state index in [0.717, 1.165) is 44.8 Å². The van der Waals surface area contributed by atoms with Gasteiger partial charge in [-0.3, -0.25) is 14.4 Å². The quantitative estimate of drug-likeness (QED) is 0.719. The van der Waals surface area contributed by atoms with Gasteiger partial charge in [-0.1, -0.05) is 42.6 Å². The number of para-hydroxylation sites is 1. The minimum absolute atomic E-state index is 0.0764. The van der Waals surface area contributed by atoms with E-state index in [1.165, 1.54) is 18.2 Å². The summed E-state index contributed by atoms with van der Waals surface area (Å²) in [5.41, 5.74) is 0.587. The molecule has 0 radical (unpaired) electrons. The molecule has 6 nitrogen and oxygen atoms in total. The average Bonchev–Trinajstić information content (AvgIpc) is 2.98. The molecular weight excluding hydrogens is 421 g/mol. The van der Waals surface area contributed by atoms with E-state index in [4.69, 9.17) is 11.6 Å². The van der Waals surface area contributed by atoms with E-state index in [9.17, 15) is 18.8 Å². The van der Waals surface area contributed by atoms with Crippen LogP contribution in [0, 0.1) is 5.82 Å². The molecular formula is C23H21ClFN3O3. The van der Waals surface area contributed by atoms with E-state index < -0.39 is 17.6 Å². The van der Waals surface area contributed by atoms with Gasteiger partial charge in [0.25, 0.3) is 17.7 Å². The van der Waals surface area contributed by atoms with E-state index in [0.29, 0.717) is 16.2 Å². The molecule has 1 N–H and O–H groups in total. The summed E-state index contributed by atoms with van der Waals surface area (Å²) < 4.78 is 14.1. The Kier molecular flexibility index (Phi) is 6.04. The molecule has 0 aliphatic carbocycles. The molecule has 2 aromatic rings. The summed E-state index contributed by atoms with van der Waals surface area (Å²) in [5.74, 6) is -2.35. The van der Waals surface area contributed by atoms with Gasteiger partial charge >= 0.3 is 0 Å². The summed E-state index contributed by atoms with van der Waals surface area (Å²) >= 11 is 6.12. The van der Waals surface area contributed by atoms with Crippen LogP contribution in [0.1, 0.15) is 36.0 Å². The van der Waals surface area contributed by atoms with Crippen LogP contribution in [-0.2, 0) is 9.59 Å². The molecule has 0 spiro atoms. The van der Waals surface area contributed by atoms with Gasteiger partial charge in [0.05, 0.1) is 5.69 Å². The lowest BCUT2D eigenvalue weighted by atomic mass is 10.1. The van der Waals surface area contributed by atoms with E-state index in [1.54, 1.807) is 24.3 Å². The monoisotopic (exact) mass is 441 g/mol. The third-order valence-electron chi connectivity index (χ3n) is 5.39. The van der Waals surface area contributed by atoms with Crippen LogP contribution in [0.2, 0.25) is 0 Å². The maximum absolute atomic E-state index is 14.1. The molecule has 31 heavy (non-hydrogen) atoms. The van der Waals surface area contributed by atoms with Crippen molar-refractivity contribution in [2.24, 2.45) is 0 Å². The number of anilines is 2. The van der Waals surface area contributed by atoms with E-state index in [1.807, 2.05) is 4.90 Å². The number of rotatable bonds is 4. The van der Waals surface area contributed by atoms with E-state index in [-0.39, 0.29) is 22.3 Å². The molecule has 1 fully saturated rings. The lowest BCUT2D eigenvalue weighted by molar-refractivity contribution is -0.120. The summed E-state index contributed by atoms with van der Waals surface area (Å²) in [6, 6.07) is 12.2. The van der Waals surface area contributed by atoms with Gasteiger partial charge in [0.15, 0.2) is 0 Å². The predicted molar refractivity (Wildman–Crippen MR) is 116 cm³/mol. The number of amides is 3. The number of imide groups is 1. The second-order valence-electron chi connectivity index (χ2n) is 7.50. The van der Waals surface area contributed by atoms with Crippen molar-refractivity contribution in [3.63, 3.8) is 0 Å². The molecule has 0 saturated carbocycles. The molecule has 2 aromatic carbocycles. The SMILES string of the molecule is O=C(c1cccc(NC2=C(Cl)C(=O)N(c3ccccc3F)C2=O)c1)N1CCCCCC1. The number of nitrogens with zero attached hydrogens (tertiary/aromatic N) is 2. The minimum atomic E-state index is -0.809. The Balaban J connectivity index is 1.56. The van der Waals surface area contributed by atoms with Gasteiger partial charge in [0, 0.05) is 24.3 Å². The molecule has 0 atom stereocenters. The zero-order chi connectivity index (χ0) is 22.0. The van der Waals surface area contributed by atoms with Gasteiger partial charge in [-0.15, -0.1) is 0 Å². The fourth-order valence-corrected chi connectivity index (χ4v) is 4.01. The number of nitrogens with one attached hydrogen (secondary N) is 1. The summed E-state index contributed by atoms with van der Waals surface area (Å²) in [7, 11) is 0. The largest absolute Gasteiger partial charge is 0.350 e. The van der Waals surface area contributed by atoms with Crippen LogP contribution < -0.4 is 10.2 Å². The molecule has 2 aliphatic heterocycles. The van der Waals surface area contributed by atoms with Crippen molar-refractivity contribution in [2.75, 3.05) is 23.3 Å². The second-order valence-corrected chi connectivity index (χ2v) is 7.88. The zero-order valence-corrected chi connectivity index (χ0v) is 17.5. The highest BCUT2D eigenvalue weighted by Crippen LogP contribution is 2.31. The van der Waals surface area contributed by atoms with Crippen LogP contribution in [0.3, 0.4) is 0 Å². The number of hydrogen-bond donors (Lipinski definition) is 1. The minimum Gasteiger partial charge on any atom is -0.350 e. The Morgan fingerprint density at radius 3 is 2.35 bits per heavy atom. The van der Waals surface area contributed by atoms with Crippen molar-refractivity contribution in [3.8, 4) is 0 Å². The number of carbonyl (C=O) groups excluding carboxylic acids is 3. The standard InChI is InChI=1S/C23H21ClFN3O3/c24-19-20(23(31)28(22(19)30)18-11-4-3-10-17(18)25)26-16-9-7-8-15(14-16)21(29)27-12-5-1-2-6-13-27/h3-4,7-11,14,26H,1-2,5-6,12-13H2. The van der Waals surface area contributed by atoms with Crippen LogP contribution in [0.25, 0.3) is 0 Å². The third-order valence-corrected chi connectivity index (χ3v) is 5.74. The molecule has 0 unspecified atom stereocenters. The Bertz CT molecular complexity index is 1080. The fourth-order valence-electron chi connectivity index (χ4n) is 3.79. The fraction of sp³-hybridized carbons (Fsp3) is 0.261. The summed E-state index contributed by atoms with van der Waals surface area (Å²) in [6.45, 7) is 1.44. The second kappa shape index (κ2) is 8.89. The molecule has 160 valence electrons. The molecule has 0 aromatic heterocycles. The van der Waals surface area contributed by atoms with Crippen molar-refractivity contribution in [3.05, 3.63) is 70.6 Å². The Labute approximate surface area is 184 Å². The number of carbonyl (C=O) groups is 3. The molecule has 3 amide bonds. The number of hydrogen-bond acceptors (Lipinski definition) is 4. The number of benzene rings is 2. The van der Waals surface area contributed by atoms with Gasteiger partial charge in [-0.2, -0.15) is 0 Å². The summed E-state index contributed by atoms with van der Waals surface area (Å²) in [6.07, 6.45) is 4.20. The van der Waals surface area contributed by atoms with Crippen molar-refractivity contribution >= 4 is 40.7 Å². The van der Waals surface area contributed by atoms with Crippen molar-refractivity contribution in [2.45, 2.75) is 25.7 Å². The van der Waals surface area contributed by atoms with Gasteiger partial charge in [-0.25, -0.2) is 9.29 Å². The van der Waals surface area contributed by atoms with Gasteiger partial charge < -0.3 is 10.2 Å². The highest BCUT2D eigenvalue weighted by molar-refractivity contribution is 6.53. The molecule has 0 bridgehead atoms. The summed E-state index contributed by atoms with van der Waals surface area (Å²) in [4.78, 5) is 40.8. The first-order chi connectivity index (χ1) is 15.0. The number of halogens is 2. The molecule has 8 heteroatoms. The topological polar surface area (TPSA) is 69.7 Å². The molecule has 2 heterocycles. The third kappa shape index (κ3) is 4.18. The van der Waals surface area contributed by atoms with Crippen molar-refractivity contribution < 1.29 is 18.8 Å². The zero-order valence-electron chi connectivity index (χ0n) is 16.7. The van der Waals surface area contributed by atoms with Crippen molar-refractivity contribution in [1.82, 2.24) is 4.90 Å². The predicted octanol–water partition coefficient (Wildman–Crippen LogP) is 4.28. The molecule has 2 aliphatic rings. The lowest BCUT2D eigenvalue weighted by Crippen LogP contribution is -2.33. The van der Waals surface area contributed by atoms with Crippen LogP contribution in [0.15, 0.2) is 59.3 Å². The van der Waals surface area contributed by atoms with Crippen LogP contribution in [0.5, 0.6) is 0 Å². The maximum atomic E-state index is 14.1. The molecule has 4 rings (SSSR count). The Morgan fingerprint density at radius 2 is 1.65 bits per heavy atom. The van der Waals surface area contributed by atoms with Gasteiger partial charge in [-0.05, 0) is 43.2 Å².